The van der Waals surface area contributed by atoms with Gasteiger partial charge < -0.3 is 18.9 Å². The predicted octanol–water partition coefficient (Wildman–Crippen LogP) is 35.9. The molecule has 0 aliphatic rings. The molecule has 9 aromatic rings. The summed E-state index contributed by atoms with van der Waals surface area (Å²) in [4.78, 5) is 9.91. The lowest BCUT2D eigenvalue weighted by atomic mass is 9.94. The lowest BCUT2D eigenvalue weighted by Crippen LogP contribution is -2.14. The first-order valence-corrected chi connectivity index (χ1v) is 50.9. The van der Waals surface area contributed by atoms with Gasteiger partial charge in [0, 0.05) is 49.8 Å². The summed E-state index contributed by atoms with van der Waals surface area (Å²) >= 11 is 12.5. The largest absolute Gasteiger partial charge is 0.491 e. The first-order chi connectivity index (χ1) is 54.0. The molecule has 604 valence electrons. The van der Waals surface area contributed by atoms with E-state index in [9.17, 15) is 0 Å². The molecule has 109 heavy (non-hydrogen) atoms. The Hall–Kier alpha value is -3.82. The van der Waals surface area contributed by atoms with E-state index in [0.717, 1.165) is 93.8 Å². The fraction of sp³-hybridized carbons (Fsp3) is 0.667. The van der Waals surface area contributed by atoms with Crippen molar-refractivity contribution >= 4 is 111 Å². The van der Waals surface area contributed by atoms with Crippen molar-refractivity contribution in [1.82, 2.24) is 8.75 Å². The predicted molar refractivity (Wildman–Crippen MR) is 490 cm³/mol. The van der Waals surface area contributed by atoms with Crippen LogP contribution < -0.4 is 18.9 Å². The second kappa shape index (κ2) is 54.1. The third kappa shape index (κ3) is 30.1. The molecule has 0 saturated heterocycles. The Morgan fingerprint density at radius 3 is 0.982 bits per heavy atom. The minimum Gasteiger partial charge on any atom is -0.491 e. The number of aromatic nitrogens is 2. The van der Waals surface area contributed by atoms with Gasteiger partial charge in [0.15, 0.2) is 11.5 Å². The molecule has 0 N–H and O–H groups in total. The lowest BCUT2D eigenvalue weighted by molar-refractivity contribution is 0.225. The molecule has 7 aromatic heterocycles. The van der Waals surface area contributed by atoms with Crippen molar-refractivity contribution in [1.29, 1.82) is 0 Å². The molecule has 0 amide bonds. The third-order valence-electron chi connectivity index (χ3n) is 22.8. The monoisotopic (exact) mass is 1610 g/mol. The maximum atomic E-state index is 7.47. The van der Waals surface area contributed by atoms with Gasteiger partial charge in [-0.3, -0.25) is 0 Å². The van der Waals surface area contributed by atoms with Gasteiger partial charge in [-0.05, 0) is 116 Å². The number of thiophene rings is 6. The molecule has 0 spiro atoms. The Morgan fingerprint density at radius 2 is 0.606 bits per heavy atom. The quantitative estimate of drug-likeness (QED) is 0.0354. The van der Waals surface area contributed by atoms with E-state index < -0.39 is 0 Å². The van der Waals surface area contributed by atoms with Crippen LogP contribution in [0.15, 0.2) is 71.4 Å². The zero-order valence-electron chi connectivity index (χ0n) is 69.1. The van der Waals surface area contributed by atoms with Crippen LogP contribution in [0.1, 0.15) is 375 Å². The summed E-state index contributed by atoms with van der Waals surface area (Å²) in [6.07, 6.45) is 68.3. The number of hydrogen-bond acceptors (Lipinski definition) is 13. The number of rotatable bonds is 67. The minimum absolute atomic E-state index is 0.548. The first-order valence-electron chi connectivity index (χ1n) is 45.1. The number of fused-ring (bicyclic) bond motifs is 3. The van der Waals surface area contributed by atoms with Crippen LogP contribution in [0, 0.1) is 11.8 Å². The fourth-order valence-corrected chi connectivity index (χ4v) is 22.8. The van der Waals surface area contributed by atoms with E-state index in [1.54, 1.807) is 11.3 Å². The summed E-state index contributed by atoms with van der Waals surface area (Å²) in [5, 5.41) is 6.94. The van der Waals surface area contributed by atoms with Gasteiger partial charge in [-0.2, -0.15) is 8.75 Å². The second-order valence-electron chi connectivity index (χ2n) is 32.1. The molecular formula is C96H144N2O4S7. The van der Waals surface area contributed by atoms with E-state index in [1.165, 1.54) is 369 Å². The highest BCUT2D eigenvalue weighted by molar-refractivity contribution is 7.29. The van der Waals surface area contributed by atoms with Gasteiger partial charge in [0.2, 0.25) is 0 Å². The van der Waals surface area contributed by atoms with E-state index in [4.69, 9.17) is 27.7 Å². The second-order valence-corrected chi connectivity index (χ2v) is 38.8. The summed E-state index contributed by atoms with van der Waals surface area (Å²) in [6, 6.07) is 23.2. The Kier molecular flexibility index (Phi) is 44.2. The van der Waals surface area contributed by atoms with Crippen LogP contribution in [0.5, 0.6) is 23.0 Å². The van der Waals surface area contributed by atoms with Crippen molar-refractivity contribution in [3.05, 3.63) is 71.4 Å². The molecule has 0 bridgehead atoms. The van der Waals surface area contributed by atoms with Crippen molar-refractivity contribution in [2.45, 2.75) is 375 Å². The van der Waals surface area contributed by atoms with Crippen LogP contribution in [0.3, 0.4) is 0 Å². The molecule has 2 atom stereocenters. The summed E-state index contributed by atoms with van der Waals surface area (Å²) in [5.74, 6) is 4.91. The van der Waals surface area contributed by atoms with Gasteiger partial charge >= 0.3 is 0 Å². The van der Waals surface area contributed by atoms with Gasteiger partial charge in [-0.1, -0.05) is 343 Å². The molecule has 0 aliphatic heterocycles. The van der Waals surface area contributed by atoms with Crippen LogP contribution in [-0.2, 0) is 0 Å². The molecule has 7 heterocycles. The average Bonchev–Trinajstić information content (AvgIpc) is 1.63. The number of unbranched alkanes of at least 4 members (excludes halogenated alkanes) is 42. The van der Waals surface area contributed by atoms with E-state index in [0.29, 0.717) is 25.0 Å². The van der Waals surface area contributed by atoms with Crippen LogP contribution in [0.2, 0.25) is 0 Å². The molecule has 0 saturated carbocycles. The van der Waals surface area contributed by atoms with Gasteiger partial charge in [0.1, 0.15) is 22.5 Å². The van der Waals surface area contributed by atoms with E-state index in [2.05, 4.69) is 113 Å². The zero-order chi connectivity index (χ0) is 76.0. The molecule has 2 unspecified atom stereocenters. The maximum Gasteiger partial charge on any atom is 0.172 e. The molecule has 0 fully saturated rings. The van der Waals surface area contributed by atoms with Crippen molar-refractivity contribution in [2.24, 2.45) is 11.8 Å². The summed E-state index contributed by atoms with van der Waals surface area (Å²) in [7, 11) is 0. The normalized spacial score (nSPS) is 12.5. The van der Waals surface area contributed by atoms with E-state index in [-0.39, 0.29) is 0 Å². The van der Waals surface area contributed by atoms with Gasteiger partial charge in [0.05, 0.1) is 58.7 Å². The highest BCUT2D eigenvalue weighted by Crippen LogP contribution is 2.56. The number of nitrogens with zero attached hydrogens (tertiary/aromatic N) is 2. The molecule has 9 rings (SSSR count). The Labute approximate surface area is 691 Å². The Morgan fingerprint density at radius 1 is 0.275 bits per heavy atom. The van der Waals surface area contributed by atoms with Crippen LogP contribution >= 0.6 is 79.7 Å². The summed E-state index contributed by atoms with van der Waals surface area (Å²) in [5.41, 5.74) is 3.85. The van der Waals surface area contributed by atoms with E-state index in [1.807, 2.05) is 56.7 Å². The highest BCUT2D eigenvalue weighted by Gasteiger charge is 2.30. The highest BCUT2D eigenvalue weighted by atomic mass is 32.1. The Balaban J connectivity index is 1.04. The Bertz CT molecular complexity index is 3690. The molecule has 2 aromatic carbocycles. The van der Waals surface area contributed by atoms with Gasteiger partial charge in [-0.15, -0.1) is 68.0 Å². The van der Waals surface area contributed by atoms with Crippen molar-refractivity contribution < 1.29 is 18.9 Å². The molecule has 0 aliphatic carbocycles. The van der Waals surface area contributed by atoms with Gasteiger partial charge in [0.25, 0.3) is 0 Å². The topological polar surface area (TPSA) is 62.7 Å². The van der Waals surface area contributed by atoms with Crippen LogP contribution in [0.4, 0.5) is 0 Å². The lowest BCUT2D eigenvalue weighted by Gasteiger charge is -2.21. The molecule has 0 radical (unpaired) electrons. The molecule has 13 heteroatoms. The van der Waals surface area contributed by atoms with Crippen LogP contribution in [0.25, 0.3) is 81.3 Å². The average molecular weight is 1610 g/mol. The summed E-state index contributed by atoms with van der Waals surface area (Å²) in [6.45, 7) is 16.7. The van der Waals surface area contributed by atoms with Crippen molar-refractivity contribution in [3.8, 4) is 73.1 Å². The standard InChI is InChI=1S/C96H144N2O4S7/c1-7-13-19-25-31-35-37-41-47-53-68-99-93-87(84-65-63-80(106-84)79-60-55-70-103-79)89-90(98-109-97-89)88(94(93)100-69-54-48-42-38-36-32-26-20-14-8-2)85-66-64-82(107-85)81-61-62-83(105-81)86-72-78-92(102-74-76(57-50-44-30-24-18-12-6)59-52-46-40-34-28-22-16-10-4)95-77(67-71-104-95)91(96(78)108-86)101-73-75(56-49-43-29-23-17-11-5)58-51-45-39-33-27-21-15-9-3/h55,60-67,70-72,75-76H,7-54,56-59,68-69,73-74H2,1-6H3. The van der Waals surface area contributed by atoms with Crippen LogP contribution in [-0.4, -0.2) is 35.2 Å². The SMILES string of the molecule is CCCCCCCCCCCCOc1c(OCCCCCCCCCCCC)c(-c2ccc(-c3ccc(-c4cc5c(OCC(CCCCCCCC)CCCCCCCCCC)c6sccc6c(OCC(CCCCCCCC)CCCCCCCCCC)c5s4)s3)s2)c2nsnc2c1-c1ccc(-c2cccs2)s1. The number of benzene rings is 2. The van der Waals surface area contributed by atoms with Crippen molar-refractivity contribution in [3.63, 3.8) is 0 Å². The minimum atomic E-state index is 0.548. The smallest absolute Gasteiger partial charge is 0.172 e. The maximum absolute atomic E-state index is 7.47. The number of ether oxygens (including phenoxy) is 4. The first kappa shape index (κ1) is 89.1. The fourth-order valence-electron chi connectivity index (χ4n) is 16.1. The third-order valence-corrected chi connectivity index (χ3v) is 30.1. The van der Waals surface area contributed by atoms with Crippen molar-refractivity contribution in [2.75, 3.05) is 26.4 Å². The molecular weight excluding hydrogens is 1470 g/mol. The summed E-state index contributed by atoms with van der Waals surface area (Å²) < 4.78 is 42.5. The molecule has 6 nitrogen and oxygen atoms in total. The zero-order valence-corrected chi connectivity index (χ0v) is 74.8. The van der Waals surface area contributed by atoms with Gasteiger partial charge in [-0.25, -0.2) is 0 Å². The van der Waals surface area contributed by atoms with E-state index >= 15 is 0 Å². The number of hydrogen-bond donors (Lipinski definition) is 0.